The minimum atomic E-state index is -3.76. The average Bonchev–Trinajstić information content (AvgIpc) is 2.78. The summed E-state index contributed by atoms with van der Waals surface area (Å²) in [7, 11) is -3.76. The van der Waals surface area contributed by atoms with Crippen molar-refractivity contribution in [1.29, 1.82) is 0 Å². The topological polar surface area (TPSA) is 78.8 Å². The van der Waals surface area contributed by atoms with Crippen molar-refractivity contribution >= 4 is 27.8 Å². The first kappa shape index (κ1) is 22.0. The molecule has 31 heavy (non-hydrogen) atoms. The van der Waals surface area contributed by atoms with Crippen molar-refractivity contribution in [2.24, 2.45) is 5.10 Å². The Hall–Kier alpha value is -3.71. The Labute approximate surface area is 182 Å². The van der Waals surface area contributed by atoms with Crippen LogP contribution in [-0.4, -0.2) is 27.1 Å². The van der Waals surface area contributed by atoms with Crippen LogP contribution >= 0.6 is 0 Å². The number of carbonyl (C=O) groups is 1. The Balaban J connectivity index is 1.75. The van der Waals surface area contributed by atoms with E-state index in [1.54, 1.807) is 60.8 Å². The SMILES string of the molecule is C=CCN(c1ccc(C(=O)N/N=C\c2cccc(C)c2)cc1)S(=O)(=O)c1ccccc1. The Bertz CT molecular complexity index is 1190. The first-order chi connectivity index (χ1) is 14.9. The number of carbonyl (C=O) groups excluding carboxylic acids is 1. The van der Waals surface area contributed by atoms with Crippen molar-refractivity contribution in [3.63, 3.8) is 0 Å². The molecule has 0 atom stereocenters. The molecule has 3 aromatic carbocycles. The molecule has 7 heteroatoms. The number of benzene rings is 3. The van der Waals surface area contributed by atoms with E-state index >= 15 is 0 Å². The van der Waals surface area contributed by atoms with E-state index < -0.39 is 15.9 Å². The van der Waals surface area contributed by atoms with Crippen LogP contribution in [0, 0.1) is 6.92 Å². The fourth-order valence-electron chi connectivity index (χ4n) is 2.94. The molecule has 0 aliphatic rings. The number of anilines is 1. The lowest BCUT2D eigenvalue weighted by atomic mass is 10.2. The largest absolute Gasteiger partial charge is 0.271 e. The molecule has 0 spiro atoms. The summed E-state index contributed by atoms with van der Waals surface area (Å²) in [6.07, 6.45) is 3.08. The molecule has 0 unspecified atom stereocenters. The second-order valence-electron chi connectivity index (χ2n) is 6.80. The molecular formula is C24H23N3O3S. The average molecular weight is 434 g/mol. The number of aryl methyl sites for hydroxylation is 1. The van der Waals surface area contributed by atoms with Gasteiger partial charge in [-0.2, -0.15) is 5.10 Å². The fourth-order valence-corrected chi connectivity index (χ4v) is 4.40. The monoisotopic (exact) mass is 433 g/mol. The molecule has 0 bridgehead atoms. The Kier molecular flexibility index (Phi) is 6.99. The first-order valence-electron chi connectivity index (χ1n) is 9.60. The second kappa shape index (κ2) is 9.86. The molecule has 158 valence electrons. The molecule has 0 saturated carbocycles. The van der Waals surface area contributed by atoms with E-state index in [9.17, 15) is 13.2 Å². The highest BCUT2D eigenvalue weighted by molar-refractivity contribution is 7.92. The molecule has 0 aliphatic carbocycles. The van der Waals surface area contributed by atoms with Crippen LogP contribution in [-0.2, 0) is 10.0 Å². The number of rotatable bonds is 8. The van der Waals surface area contributed by atoms with E-state index in [0.717, 1.165) is 11.1 Å². The summed E-state index contributed by atoms with van der Waals surface area (Å²) in [6, 6.07) is 22.2. The molecule has 1 N–H and O–H groups in total. The van der Waals surface area contributed by atoms with Gasteiger partial charge < -0.3 is 0 Å². The molecule has 0 heterocycles. The maximum Gasteiger partial charge on any atom is 0.271 e. The van der Waals surface area contributed by atoms with E-state index in [4.69, 9.17) is 0 Å². The van der Waals surface area contributed by atoms with Crippen molar-refractivity contribution in [3.05, 3.63) is 108 Å². The maximum atomic E-state index is 13.0. The lowest BCUT2D eigenvalue weighted by molar-refractivity contribution is 0.0955. The molecule has 0 radical (unpaired) electrons. The van der Waals surface area contributed by atoms with Gasteiger partial charge in [0.25, 0.3) is 15.9 Å². The molecule has 3 aromatic rings. The van der Waals surface area contributed by atoms with Crippen LogP contribution in [0.15, 0.2) is 102 Å². The first-order valence-corrected chi connectivity index (χ1v) is 11.0. The summed E-state index contributed by atoms with van der Waals surface area (Å²) in [5, 5.41) is 3.98. The molecule has 0 fully saturated rings. The molecule has 3 rings (SSSR count). The zero-order valence-corrected chi connectivity index (χ0v) is 17.9. The second-order valence-corrected chi connectivity index (χ2v) is 8.66. The summed E-state index contributed by atoms with van der Waals surface area (Å²) in [5.74, 6) is -0.392. The third-order valence-electron chi connectivity index (χ3n) is 4.47. The minimum Gasteiger partial charge on any atom is -0.267 e. The van der Waals surface area contributed by atoms with E-state index in [0.29, 0.717) is 11.3 Å². The van der Waals surface area contributed by atoms with Gasteiger partial charge in [-0.3, -0.25) is 9.10 Å². The molecule has 1 amide bonds. The van der Waals surface area contributed by atoms with Gasteiger partial charge in [-0.25, -0.2) is 13.8 Å². The third-order valence-corrected chi connectivity index (χ3v) is 6.27. The van der Waals surface area contributed by atoms with Crippen molar-refractivity contribution in [3.8, 4) is 0 Å². The lowest BCUT2D eigenvalue weighted by Crippen LogP contribution is -2.31. The Morgan fingerprint density at radius 2 is 1.74 bits per heavy atom. The van der Waals surface area contributed by atoms with Gasteiger partial charge >= 0.3 is 0 Å². The van der Waals surface area contributed by atoms with Crippen molar-refractivity contribution in [1.82, 2.24) is 5.43 Å². The maximum absolute atomic E-state index is 13.0. The van der Waals surface area contributed by atoms with Crippen LogP contribution in [0.5, 0.6) is 0 Å². The van der Waals surface area contributed by atoms with Crippen molar-refractivity contribution in [2.45, 2.75) is 11.8 Å². The molecule has 6 nitrogen and oxygen atoms in total. The number of sulfonamides is 1. The van der Waals surface area contributed by atoms with Crippen molar-refractivity contribution < 1.29 is 13.2 Å². The Morgan fingerprint density at radius 1 is 1.03 bits per heavy atom. The van der Waals surface area contributed by atoms with Crippen LogP contribution in [0.2, 0.25) is 0 Å². The fraction of sp³-hybridized carbons (Fsp3) is 0.0833. The highest BCUT2D eigenvalue weighted by Gasteiger charge is 2.23. The van der Waals surface area contributed by atoms with Crippen LogP contribution in [0.3, 0.4) is 0 Å². The highest BCUT2D eigenvalue weighted by Crippen LogP contribution is 2.24. The predicted molar refractivity (Wildman–Crippen MR) is 124 cm³/mol. The quantitative estimate of drug-likeness (QED) is 0.329. The van der Waals surface area contributed by atoms with Crippen molar-refractivity contribution in [2.75, 3.05) is 10.8 Å². The third kappa shape index (κ3) is 5.46. The van der Waals surface area contributed by atoms with Crippen LogP contribution in [0.4, 0.5) is 5.69 Å². The number of hydrazone groups is 1. The van der Waals surface area contributed by atoms with Crippen LogP contribution < -0.4 is 9.73 Å². The van der Waals surface area contributed by atoms with E-state index in [1.165, 1.54) is 10.4 Å². The smallest absolute Gasteiger partial charge is 0.267 e. The summed E-state index contributed by atoms with van der Waals surface area (Å²) in [6.45, 7) is 5.74. The summed E-state index contributed by atoms with van der Waals surface area (Å²) >= 11 is 0. The minimum absolute atomic E-state index is 0.101. The number of amides is 1. The number of nitrogens with one attached hydrogen (secondary N) is 1. The zero-order valence-electron chi connectivity index (χ0n) is 17.1. The molecular weight excluding hydrogens is 410 g/mol. The Morgan fingerprint density at radius 3 is 2.39 bits per heavy atom. The van der Waals surface area contributed by atoms with Gasteiger partial charge in [0, 0.05) is 5.56 Å². The van der Waals surface area contributed by atoms with Gasteiger partial charge in [-0.15, -0.1) is 6.58 Å². The van der Waals surface area contributed by atoms with Crippen LogP contribution in [0.1, 0.15) is 21.5 Å². The van der Waals surface area contributed by atoms with Crippen LogP contribution in [0.25, 0.3) is 0 Å². The summed E-state index contributed by atoms with van der Waals surface area (Å²) < 4.78 is 27.3. The van der Waals surface area contributed by atoms with E-state index in [-0.39, 0.29) is 11.4 Å². The van der Waals surface area contributed by atoms with E-state index in [2.05, 4.69) is 17.1 Å². The molecule has 0 aliphatic heterocycles. The highest BCUT2D eigenvalue weighted by atomic mass is 32.2. The summed E-state index contributed by atoms with van der Waals surface area (Å²) in [4.78, 5) is 12.5. The standard InChI is InChI=1S/C24H23N3O3S/c1-3-16-27(31(29,30)23-10-5-4-6-11-23)22-14-12-21(13-15-22)24(28)26-25-18-20-9-7-8-19(2)17-20/h3-15,17-18H,1,16H2,2H3,(H,26,28)/b25-18-. The van der Waals surface area contributed by atoms with Gasteiger partial charge in [0.2, 0.25) is 0 Å². The van der Waals surface area contributed by atoms with Gasteiger partial charge in [0.05, 0.1) is 23.3 Å². The predicted octanol–water partition coefficient (Wildman–Crippen LogP) is 4.14. The number of hydrogen-bond donors (Lipinski definition) is 1. The molecule has 0 aromatic heterocycles. The van der Waals surface area contributed by atoms with Gasteiger partial charge in [0.15, 0.2) is 0 Å². The zero-order chi connectivity index (χ0) is 22.3. The van der Waals surface area contributed by atoms with Gasteiger partial charge in [-0.1, -0.05) is 54.1 Å². The number of nitrogens with zero attached hydrogens (tertiary/aromatic N) is 2. The van der Waals surface area contributed by atoms with Gasteiger partial charge in [-0.05, 0) is 48.9 Å². The normalized spacial score (nSPS) is 11.3. The lowest BCUT2D eigenvalue weighted by Gasteiger charge is -2.23. The molecule has 0 saturated heterocycles. The number of hydrogen-bond acceptors (Lipinski definition) is 4. The van der Waals surface area contributed by atoms with Gasteiger partial charge in [0.1, 0.15) is 0 Å². The van der Waals surface area contributed by atoms with E-state index in [1.807, 2.05) is 31.2 Å². The summed E-state index contributed by atoms with van der Waals surface area (Å²) in [5.41, 5.74) is 5.25.